The summed E-state index contributed by atoms with van der Waals surface area (Å²) in [5.41, 5.74) is 0.901. The van der Waals surface area contributed by atoms with E-state index in [0.717, 1.165) is 5.56 Å². The summed E-state index contributed by atoms with van der Waals surface area (Å²) in [4.78, 5) is 12.4. The second-order valence-electron chi connectivity index (χ2n) is 3.37. The fourth-order valence-corrected chi connectivity index (χ4v) is 2.58. The zero-order valence-corrected chi connectivity index (χ0v) is 10.0. The highest BCUT2D eigenvalue weighted by atomic mass is 35.5. The summed E-state index contributed by atoms with van der Waals surface area (Å²) >= 11 is 7.21. The van der Waals surface area contributed by atoms with Crippen LogP contribution in [0, 0.1) is 12.7 Å². The van der Waals surface area contributed by atoms with Gasteiger partial charge in [-0.15, -0.1) is 11.3 Å². The van der Waals surface area contributed by atoms with Crippen molar-refractivity contribution in [3.63, 3.8) is 0 Å². The normalized spacial score (nSPS) is 10.4. The predicted molar refractivity (Wildman–Crippen MR) is 63.9 cm³/mol. The van der Waals surface area contributed by atoms with E-state index in [0.29, 0.717) is 9.90 Å². The average molecular weight is 255 g/mol. The topological polar surface area (TPSA) is 17.1 Å². The SMILES string of the molecule is Cc1csc(C(=O)c2ccccc2F)c1Cl. The molecule has 2 rings (SSSR count). The number of carbonyl (C=O) groups is 1. The van der Waals surface area contributed by atoms with Gasteiger partial charge in [0.05, 0.1) is 15.5 Å². The molecule has 4 heteroatoms. The first-order valence-electron chi connectivity index (χ1n) is 4.64. The molecule has 0 amide bonds. The Hall–Kier alpha value is -1.19. The second kappa shape index (κ2) is 4.36. The number of aryl methyl sites for hydroxylation is 1. The van der Waals surface area contributed by atoms with Crippen LogP contribution in [-0.2, 0) is 0 Å². The minimum absolute atomic E-state index is 0.0613. The van der Waals surface area contributed by atoms with Crippen LogP contribution in [0.4, 0.5) is 4.39 Å². The molecule has 0 saturated carbocycles. The van der Waals surface area contributed by atoms with Gasteiger partial charge in [-0.25, -0.2) is 4.39 Å². The number of ketones is 1. The lowest BCUT2D eigenvalue weighted by atomic mass is 10.1. The van der Waals surface area contributed by atoms with Crippen LogP contribution < -0.4 is 0 Å². The number of rotatable bonds is 2. The van der Waals surface area contributed by atoms with Crippen LogP contribution in [0.1, 0.15) is 20.8 Å². The molecule has 0 unspecified atom stereocenters. The lowest BCUT2D eigenvalue weighted by Gasteiger charge is -2.00. The third kappa shape index (κ3) is 1.88. The first-order valence-corrected chi connectivity index (χ1v) is 5.90. The number of hydrogen-bond acceptors (Lipinski definition) is 2. The van der Waals surface area contributed by atoms with Gasteiger partial charge in [-0.2, -0.15) is 0 Å². The van der Waals surface area contributed by atoms with Crippen molar-refractivity contribution < 1.29 is 9.18 Å². The van der Waals surface area contributed by atoms with E-state index in [1.54, 1.807) is 17.5 Å². The van der Waals surface area contributed by atoms with E-state index >= 15 is 0 Å². The van der Waals surface area contributed by atoms with Gasteiger partial charge in [0.2, 0.25) is 5.78 Å². The van der Waals surface area contributed by atoms with E-state index in [1.807, 2.05) is 6.92 Å². The summed E-state index contributed by atoms with van der Waals surface area (Å²) in [5, 5.41) is 2.20. The quantitative estimate of drug-likeness (QED) is 0.738. The molecule has 0 bridgehead atoms. The molecule has 0 radical (unpaired) electrons. The van der Waals surface area contributed by atoms with Gasteiger partial charge in [0.15, 0.2) is 0 Å². The molecule has 1 aromatic carbocycles. The van der Waals surface area contributed by atoms with Crippen molar-refractivity contribution >= 4 is 28.7 Å². The Labute approximate surface area is 101 Å². The fraction of sp³-hybridized carbons (Fsp3) is 0.0833. The van der Waals surface area contributed by atoms with Crippen LogP contribution in [0.2, 0.25) is 5.02 Å². The molecule has 0 aliphatic heterocycles. The second-order valence-corrected chi connectivity index (χ2v) is 4.63. The highest BCUT2D eigenvalue weighted by Gasteiger charge is 2.18. The highest BCUT2D eigenvalue weighted by Crippen LogP contribution is 2.29. The Morgan fingerprint density at radius 1 is 1.38 bits per heavy atom. The van der Waals surface area contributed by atoms with Crippen molar-refractivity contribution in [3.05, 3.63) is 56.5 Å². The van der Waals surface area contributed by atoms with Crippen molar-refractivity contribution in [1.29, 1.82) is 0 Å². The van der Waals surface area contributed by atoms with E-state index in [4.69, 9.17) is 11.6 Å². The molecule has 0 N–H and O–H groups in total. The van der Waals surface area contributed by atoms with Gasteiger partial charge >= 0.3 is 0 Å². The summed E-state index contributed by atoms with van der Waals surface area (Å²) < 4.78 is 13.4. The highest BCUT2D eigenvalue weighted by molar-refractivity contribution is 7.13. The molecular formula is C12H8ClFOS. The average Bonchev–Trinajstić information content (AvgIpc) is 2.60. The van der Waals surface area contributed by atoms with Gasteiger partial charge in [0, 0.05) is 0 Å². The molecule has 1 nitrogen and oxygen atoms in total. The Morgan fingerprint density at radius 2 is 2.06 bits per heavy atom. The molecule has 1 heterocycles. The Balaban J connectivity index is 2.48. The van der Waals surface area contributed by atoms with Crippen LogP contribution in [0.3, 0.4) is 0 Å². The van der Waals surface area contributed by atoms with Crippen LogP contribution in [0.5, 0.6) is 0 Å². The van der Waals surface area contributed by atoms with Crippen molar-refractivity contribution in [2.45, 2.75) is 6.92 Å². The molecule has 0 fully saturated rings. The third-order valence-electron chi connectivity index (χ3n) is 2.22. The molecule has 0 aliphatic rings. The number of hydrogen-bond donors (Lipinski definition) is 0. The number of halogens is 2. The molecule has 0 aliphatic carbocycles. The maximum absolute atomic E-state index is 13.4. The molecule has 0 spiro atoms. The van der Waals surface area contributed by atoms with Gasteiger partial charge in [0.25, 0.3) is 0 Å². The van der Waals surface area contributed by atoms with Crippen LogP contribution in [0.25, 0.3) is 0 Å². The monoisotopic (exact) mass is 254 g/mol. The van der Waals surface area contributed by atoms with E-state index in [2.05, 4.69) is 0 Å². The minimum atomic E-state index is -0.519. The van der Waals surface area contributed by atoms with E-state index in [9.17, 15) is 9.18 Å². The van der Waals surface area contributed by atoms with Gasteiger partial charge in [-0.3, -0.25) is 4.79 Å². The molecule has 0 saturated heterocycles. The summed E-state index contributed by atoms with van der Waals surface area (Å²) in [7, 11) is 0. The van der Waals surface area contributed by atoms with E-state index < -0.39 is 5.82 Å². The first-order chi connectivity index (χ1) is 7.61. The fourth-order valence-electron chi connectivity index (χ4n) is 1.35. The summed E-state index contributed by atoms with van der Waals surface area (Å²) in [6.07, 6.45) is 0. The van der Waals surface area contributed by atoms with Crippen molar-refractivity contribution in [2.24, 2.45) is 0 Å². The van der Waals surface area contributed by atoms with Crippen LogP contribution in [0.15, 0.2) is 29.6 Å². The molecule has 2 aromatic rings. The lowest BCUT2D eigenvalue weighted by Crippen LogP contribution is -2.02. The maximum atomic E-state index is 13.4. The largest absolute Gasteiger partial charge is 0.288 e. The smallest absolute Gasteiger partial charge is 0.207 e. The van der Waals surface area contributed by atoms with Gasteiger partial charge < -0.3 is 0 Å². The zero-order chi connectivity index (χ0) is 11.7. The molecule has 1 aromatic heterocycles. The van der Waals surface area contributed by atoms with E-state index in [-0.39, 0.29) is 11.3 Å². The lowest BCUT2D eigenvalue weighted by molar-refractivity contribution is 0.103. The van der Waals surface area contributed by atoms with E-state index in [1.165, 1.54) is 23.5 Å². The predicted octanol–water partition coefficient (Wildman–Crippen LogP) is 4.08. The standard InChI is InChI=1S/C12H8ClFOS/c1-7-6-16-12(10(7)13)11(15)8-4-2-3-5-9(8)14/h2-6H,1H3. The van der Waals surface area contributed by atoms with Crippen molar-refractivity contribution in [1.82, 2.24) is 0 Å². The number of carbonyl (C=O) groups excluding carboxylic acids is 1. The Morgan fingerprint density at radius 3 is 2.62 bits per heavy atom. The zero-order valence-electron chi connectivity index (χ0n) is 8.46. The third-order valence-corrected chi connectivity index (χ3v) is 3.92. The number of benzene rings is 1. The van der Waals surface area contributed by atoms with Crippen LogP contribution in [-0.4, -0.2) is 5.78 Å². The van der Waals surface area contributed by atoms with Crippen molar-refractivity contribution in [2.75, 3.05) is 0 Å². The Bertz CT molecular complexity index is 548. The molecule has 82 valence electrons. The summed E-state index contributed by atoms with van der Waals surface area (Å²) in [6, 6.07) is 5.91. The minimum Gasteiger partial charge on any atom is -0.288 e. The molecule has 0 atom stereocenters. The van der Waals surface area contributed by atoms with Gasteiger partial charge in [0.1, 0.15) is 5.82 Å². The van der Waals surface area contributed by atoms with Gasteiger partial charge in [-0.05, 0) is 30.0 Å². The molecule has 16 heavy (non-hydrogen) atoms. The van der Waals surface area contributed by atoms with Crippen molar-refractivity contribution in [3.8, 4) is 0 Å². The van der Waals surface area contributed by atoms with Gasteiger partial charge in [-0.1, -0.05) is 23.7 Å². The first kappa shape index (κ1) is 11.3. The maximum Gasteiger partial charge on any atom is 0.207 e. The Kier molecular flexibility index (Phi) is 3.08. The molecular weight excluding hydrogens is 247 g/mol. The summed E-state index contributed by atoms with van der Waals surface area (Å²) in [6.45, 7) is 1.82. The van der Waals surface area contributed by atoms with Crippen LogP contribution >= 0.6 is 22.9 Å². The summed E-state index contributed by atoms with van der Waals surface area (Å²) in [5.74, 6) is -0.879. The number of thiophene rings is 1.